The fraction of sp³-hybridized carbons (Fsp3) is 0.259. The number of hydrogen-bond acceptors (Lipinski definition) is 7. The zero-order valence-corrected chi connectivity index (χ0v) is 20.8. The Morgan fingerprint density at radius 1 is 1.08 bits per heavy atom. The summed E-state index contributed by atoms with van der Waals surface area (Å²) in [5, 5.41) is 16.0. The molecule has 4 aromatic rings. The summed E-state index contributed by atoms with van der Waals surface area (Å²) in [6.45, 7) is 1.41. The smallest absolute Gasteiger partial charge is 0.319 e. The van der Waals surface area contributed by atoms with Crippen molar-refractivity contribution >= 4 is 34.0 Å². The number of halogens is 3. The number of hydrogen-bond donors (Lipinski definition) is 3. The number of piperazine rings is 1. The number of nitroso groups, excluding NO2 is 1. The van der Waals surface area contributed by atoms with E-state index in [1.165, 1.54) is 18.2 Å². The number of benzene rings is 3. The molecule has 0 saturated carbocycles. The van der Waals surface area contributed by atoms with Gasteiger partial charge in [-0.2, -0.15) is 9.97 Å². The van der Waals surface area contributed by atoms with Crippen molar-refractivity contribution in [3.63, 3.8) is 0 Å². The normalized spacial score (nSPS) is 18.7. The number of aromatic nitrogens is 2. The lowest BCUT2D eigenvalue weighted by atomic mass is 10.0. The predicted octanol–water partition coefficient (Wildman–Crippen LogP) is 3.93. The third-order valence-electron chi connectivity index (χ3n) is 7.04. The molecule has 2 unspecified atom stereocenters. The van der Waals surface area contributed by atoms with Crippen LogP contribution in [0.4, 0.5) is 20.3 Å². The lowest BCUT2D eigenvalue weighted by Crippen LogP contribution is -2.55. The molecular formula is C27H23ClF2N5O3+. The molecule has 0 radical (unpaired) electrons. The SMILES string of the molecule is O=[NH+]c1ccc(COc2nc(N3CC4CCC(C3)N4)c3cc(Cl)c(-c4c(O)cccc4F)c(F)c3n2)cc1. The number of ether oxygens (including phenoxy) is 1. The number of aromatic hydroxyl groups is 1. The highest BCUT2D eigenvalue weighted by molar-refractivity contribution is 6.34. The molecule has 3 aromatic carbocycles. The summed E-state index contributed by atoms with van der Waals surface area (Å²) in [5.74, 6) is -1.67. The summed E-state index contributed by atoms with van der Waals surface area (Å²) in [6.07, 6.45) is 2.07. The molecule has 2 fully saturated rings. The van der Waals surface area contributed by atoms with Crippen molar-refractivity contribution < 1.29 is 23.8 Å². The van der Waals surface area contributed by atoms with Gasteiger partial charge < -0.3 is 20.1 Å². The minimum absolute atomic E-state index is 0.0608. The zero-order valence-electron chi connectivity index (χ0n) is 20.0. The van der Waals surface area contributed by atoms with Crippen molar-refractivity contribution in [2.24, 2.45) is 0 Å². The molecule has 0 spiro atoms. The monoisotopic (exact) mass is 538 g/mol. The van der Waals surface area contributed by atoms with Gasteiger partial charge in [0.05, 0.1) is 10.6 Å². The Balaban J connectivity index is 1.47. The Morgan fingerprint density at radius 2 is 1.82 bits per heavy atom. The van der Waals surface area contributed by atoms with E-state index in [1.54, 1.807) is 24.3 Å². The van der Waals surface area contributed by atoms with E-state index >= 15 is 4.39 Å². The molecule has 0 aliphatic carbocycles. The Bertz CT molecular complexity index is 1520. The van der Waals surface area contributed by atoms with Gasteiger partial charge in [-0.15, -0.1) is 0 Å². The molecule has 2 atom stereocenters. The quantitative estimate of drug-likeness (QED) is 0.342. The van der Waals surface area contributed by atoms with Crippen LogP contribution in [-0.4, -0.2) is 40.2 Å². The summed E-state index contributed by atoms with van der Waals surface area (Å²) in [4.78, 5) is 21.9. The predicted molar refractivity (Wildman–Crippen MR) is 138 cm³/mol. The molecule has 2 aliphatic rings. The van der Waals surface area contributed by atoms with Gasteiger partial charge in [-0.3, -0.25) is 0 Å². The van der Waals surface area contributed by atoms with Gasteiger partial charge >= 0.3 is 6.01 Å². The van der Waals surface area contributed by atoms with E-state index in [0.717, 1.165) is 24.5 Å². The second-order valence-corrected chi connectivity index (χ2v) is 9.94. The first-order valence-electron chi connectivity index (χ1n) is 12.2. The van der Waals surface area contributed by atoms with Crippen molar-refractivity contribution in [2.45, 2.75) is 31.5 Å². The van der Waals surface area contributed by atoms with Crippen LogP contribution in [0.5, 0.6) is 11.8 Å². The van der Waals surface area contributed by atoms with Crippen LogP contribution in [0, 0.1) is 16.5 Å². The number of phenolic OH excluding ortho intramolecular Hbond substituents is 1. The largest absolute Gasteiger partial charge is 0.507 e. The summed E-state index contributed by atoms with van der Waals surface area (Å²) in [5.41, 5.74) is 0.444. The summed E-state index contributed by atoms with van der Waals surface area (Å²) < 4.78 is 36.7. The minimum atomic E-state index is -0.884. The van der Waals surface area contributed by atoms with Gasteiger partial charge in [0.1, 0.15) is 29.5 Å². The fourth-order valence-electron chi connectivity index (χ4n) is 5.24. The van der Waals surface area contributed by atoms with Crippen LogP contribution < -0.4 is 20.1 Å². The number of nitrogens with one attached hydrogen (secondary N) is 2. The number of nitrogens with zero attached hydrogens (tertiary/aromatic N) is 3. The Labute approximate surface area is 221 Å². The van der Waals surface area contributed by atoms with Crippen molar-refractivity contribution in [3.8, 4) is 22.9 Å². The van der Waals surface area contributed by atoms with Crippen LogP contribution in [0.25, 0.3) is 22.0 Å². The molecule has 1 aromatic heterocycles. The van der Waals surface area contributed by atoms with E-state index in [-0.39, 0.29) is 46.4 Å². The van der Waals surface area contributed by atoms with Crippen LogP contribution in [0.15, 0.2) is 48.5 Å². The topological polar surface area (TPSA) is 102 Å². The highest BCUT2D eigenvalue weighted by Crippen LogP contribution is 2.43. The molecule has 11 heteroatoms. The first-order chi connectivity index (χ1) is 18.4. The molecule has 2 bridgehead atoms. The Kier molecular flexibility index (Phi) is 6.29. The van der Waals surface area contributed by atoms with Crippen LogP contribution in [-0.2, 0) is 6.61 Å². The minimum Gasteiger partial charge on any atom is -0.507 e. The summed E-state index contributed by atoms with van der Waals surface area (Å²) in [7, 11) is 0. The molecule has 3 heterocycles. The van der Waals surface area contributed by atoms with Crippen LogP contribution in [0.2, 0.25) is 5.02 Å². The van der Waals surface area contributed by atoms with E-state index in [1.807, 2.05) is 5.18 Å². The van der Waals surface area contributed by atoms with Crippen LogP contribution in [0.1, 0.15) is 18.4 Å². The number of anilines is 1. The molecule has 194 valence electrons. The van der Waals surface area contributed by atoms with Crippen molar-refractivity contribution in [1.82, 2.24) is 15.3 Å². The molecule has 3 N–H and O–H groups in total. The van der Waals surface area contributed by atoms with E-state index in [9.17, 15) is 14.4 Å². The Morgan fingerprint density at radius 3 is 2.50 bits per heavy atom. The highest BCUT2D eigenvalue weighted by atomic mass is 35.5. The average Bonchev–Trinajstić information content (AvgIpc) is 3.26. The fourth-order valence-corrected chi connectivity index (χ4v) is 5.53. The summed E-state index contributed by atoms with van der Waals surface area (Å²) in [6, 6.07) is 12.4. The van der Waals surface area contributed by atoms with Crippen LogP contribution >= 0.6 is 11.6 Å². The van der Waals surface area contributed by atoms with Crippen LogP contribution in [0.3, 0.4) is 0 Å². The first-order valence-corrected chi connectivity index (χ1v) is 12.6. The third-order valence-corrected chi connectivity index (χ3v) is 7.34. The first kappa shape index (κ1) is 24.4. The van der Waals surface area contributed by atoms with Crippen molar-refractivity contribution in [3.05, 3.63) is 75.7 Å². The maximum Gasteiger partial charge on any atom is 0.319 e. The second-order valence-electron chi connectivity index (χ2n) is 9.54. The number of rotatable bonds is 6. The number of fused-ring (bicyclic) bond motifs is 3. The van der Waals surface area contributed by atoms with E-state index in [4.69, 9.17) is 16.3 Å². The molecule has 0 amide bonds. The van der Waals surface area contributed by atoms with Crippen molar-refractivity contribution in [2.75, 3.05) is 18.0 Å². The highest BCUT2D eigenvalue weighted by Gasteiger charge is 2.34. The van der Waals surface area contributed by atoms with Gasteiger partial charge in [0, 0.05) is 58.3 Å². The molecule has 2 saturated heterocycles. The number of phenols is 1. The summed E-state index contributed by atoms with van der Waals surface area (Å²) >= 11 is 6.51. The standard InChI is InChI=1S/C27H22ClF2N5O3/c28-19-10-18-25(24(30)22(19)23-20(29)2-1-3-21(23)36)32-27(38-13-14-4-6-15(34-37)7-5-14)33-26(18)35-11-16-8-9-17(12-35)31-16/h1-7,10,16-17,31,36H,8-9,11-13H2/p+1. The molecule has 6 rings (SSSR count). The van der Waals surface area contributed by atoms with Gasteiger partial charge in [-0.05, 0) is 48.7 Å². The van der Waals surface area contributed by atoms with Gasteiger partial charge in [0.15, 0.2) is 5.82 Å². The van der Waals surface area contributed by atoms with Gasteiger partial charge in [0.2, 0.25) is 0 Å². The maximum absolute atomic E-state index is 16.1. The average molecular weight is 539 g/mol. The Hall–Kier alpha value is -3.89. The van der Waals surface area contributed by atoms with E-state index in [2.05, 4.69) is 20.2 Å². The van der Waals surface area contributed by atoms with Gasteiger partial charge in [-0.1, -0.05) is 17.7 Å². The van der Waals surface area contributed by atoms with Crippen molar-refractivity contribution in [1.29, 1.82) is 0 Å². The lowest BCUT2D eigenvalue weighted by Gasteiger charge is -2.34. The maximum atomic E-state index is 16.1. The lowest BCUT2D eigenvalue weighted by molar-refractivity contribution is -0.379. The van der Waals surface area contributed by atoms with Gasteiger partial charge in [0.25, 0.3) is 5.69 Å². The second kappa shape index (κ2) is 9.77. The van der Waals surface area contributed by atoms with E-state index in [0.29, 0.717) is 30.0 Å². The zero-order chi connectivity index (χ0) is 26.4. The van der Waals surface area contributed by atoms with E-state index < -0.39 is 17.4 Å². The molecule has 2 aliphatic heterocycles. The molecule has 8 nitrogen and oxygen atoms in total. The molecule has 38 heavy (non-hydrogen) atoms. The third kappa shape index (κ3) is 4.39. The van der Waals surface area contributed by atoms with Gasteiger partial charge in [-0.25, -0.2) is 8.78 Å². The molecular weight excluding hydrogens is 516 g/mol.